The van der Waals surface area contributed by atoms with Crippen LogP contribution in [0, 0.1) is 5.92 Å². The topological polar surface area (TPSA) is 41.6 Å². The number of hydrogen-bond acceptors (Lipinski definition) is 3. The lowest BCUT2D eigenvalue weighted by molar-refractivity contribution is -0.117. The highest BCUT2D eigenvalue weighted by atomic mass is 35.5. The van der Waals surface area contributed by atoms with Gasteiger partial charge in [0.15, 0.2) is 0 Å². The molecule has 0 spiro atoms. The molecular formula is C27H32Cl2N2O2. The summed E-state index contributed by atoms with van der Waals surface area (Å²) in [6.45, 7) is 3.43. The number of carbonyl (C=O) groups excluding carboxylic acids is 1. The second-order valence-electron chi connectivity index (χ2n) is 9.27. The molecule has 1 amide bonds. The van der Waals surface area contributed by atoms with E-state index in [9.17, 15) is 4.79 Å². The van der Waals surface area contributed by atoms with Gasteiger partial charge >= 0.3 is 0 Å². The van der Waals surface area contributed by atoms with Gasteiger partial charge in [0, 0.05) is 28.7 Å². The van der Waals surface area contributed by atoms with Crippen LogP contribution in [-0.2, 0) is 4.79 Å². The first-order valence-corrected chi connectivity index (χ1v) is 12.5. The molecule has 2 aliphatic rings. The summed E-state index contributed by atoms with van der Waals surface area (Å²) in [5, 5.41) is 4.29. The number of hydrogen-bond donors (Lipinski definition) is 1. The molecule has 176 valence electrons. The van der Waals surface area contributed by atoms with Gasteiger partial charge in [-0.3, -0.25) is 4.79 Å². The van der Waals surface area contributed by atoms with E-state index in [1.807, 2.05) is 0 Å². The molecule has 2 fully saturated rings. The fourth-order valence-corrected chi connectivity index (χ4v) is 5.70. The van der Waals surface area contributed by atoms with Crippen molar-refractivity contribution in [3.8, 4) is 5.75 Å². The molecule has 1 saturated heterocycles. The number of piperidine rings is 1. The Hall–Kier alpha value is -2.01. The van der Waals surface area contributed by atoms with Crippen LogP contribution in [0.1, 0.15) is 49.1 Å². The van der Waals surface area contributed by atoms with Gasteiger partial charge in [-0.15, -0.1) is 0 Å². The molecule has 1 heterocycles. The van der Waals surface area contributed by atoms with E-state index in [0.29, 0.717) is 21.9 Å². The summed E-state index contributed by atoms with van der Waals surface area (Å²) in [5.74, 6) is 2.16. The molecule has 4 nitrogen and oxygen atoms in total. The molecule has 6 heteroatoms. The van der Waals surface area contributed by atoms with Crippen molar-refractivity contribution in [3.05, 3.63) is 69.7 Å². The van der Waals surface area contributed by atoms with Crippen molar-refractivity contribution < 1.29 is 9.53 Å². The van der Waals surface area contributed by atoms with Crippen LogP contribution in [0.25, 0.3) is 6.08 Å². The predicted molar refractivity (Wildman–Crippen MR) is 136 cm³/mol. The number of rotatable bonds is 7. The summed E-state index contributed by atoms with van der Waals surface area (Å²) in [6.07, 6.45) is 9.02. The Morgan fingerprint density at radius 1 is 1.06 bits per heavy atom. The highest BCUT2D eigenvalue weighted by Crippen LogP contribution is 2.32. The monoisotopic (exact) mass is 486 g/mol. The molecule has 1 aliphatic heterocycles. The molecule has 0 unspecified atom stereocenters. The fourth-order valence-electron chi connectivity index (χ4n) is 5.15. The molecule has 2 aromatic rings. The van der Waals surface area contributed by atoms with Crippen LogP contribution >= 0.6 is 23.2 Å². The van der Waals surface area contributed by atoms with Crippen LogP contribution in [-0.4, -0.2) is 43.6 Å². The van der Waals surface area contributed by atoms with Crippen LogP contribution in [0.2, 0.25) is 10.0 Å². The maximum Gasteiger partial charge on any atom is 0.244 e. The van der Waals surface area contributed by atoms with Crippen molar-refractivity contribution >= 4 is 35.2 Å². The molecule has 1 aliphatic carbocycles. The minimum Gasteiger partial charge on any atom is -0.497 e. The van der Waals surface area contributed by atoms with Gasteiger partial charge in [-0.05, 0) is 105 Å². The van der Waals surface area contributed by atoms with Crippen molar-refractivity contribution in [2.45, 2.75) is 44.1 Å². The summed E-state index contributed by atoms with van der Waals surface area (Å²) >= 11 is 12.0. The molecule has 4 rings (SSSR count). The minimum atomic E-state index is -0.0583. The van der Waals surface area contributed by atoms with Crippen LogP contribution in [0.15, 0.2) is 48.5 Å². The SMILES string of the molecule is COc1ccc(C2CCN(C[C@H]3CC[C@@H](NC(=O)C=Cc4cc(Cl)cc(Cl)c4)C3)CC2)cc1. The van der Waals surface area contributed by atoms with E-state index in [2.05, 4.69) is 34.5 Å². The maximum absolute atomic E-state index is 12.4. The molecule has 1 saturated carbocycles. The third kappa shape index (κ3) is 6.99. The van der Waals surface area contributed by atoms with Crippen molar-refractivity contribution in [1.29, 1.82) is 0 Å². The van der Waals surface area contributed by atoms with E-state index in [4.69, 9.17) is 27.9 Å². The molecule has 2 aromatic carbocycles. The first-order chi connectivity index (χ1) is 16.0. The van der Waals surface area contributed by atoms with Crippen molar-refractivity contribution in [2.24, 2.45) is 5.92 Å². The lowest BCUT2D eigenvalue weighted by atomic mass is 9.89. The van der Waals surface area contributed by atoms with Gasteiger partial charge in [0.25, 0.3) is 0 Å². The zero-order chi connectivity index (χ0) is 23.2. The molecule has 0 bridgehead atoms. The van der Waals surface area contributed by atoms with Crippen LogP contribution in [0.5, 0.6) is 5.75 Å². The third-order valence-corrected chi connectivity index (χ3v) is 7.33. The number of nitrogens with one attached hydrogen (secondary N) is 1. The van der Waals surface area contributed by atoms with E-state index in [1.54, 1.807) is 37.5 Å². The summed E-state index contributed by atoms with van der Waals surface area (Å²) in [4.78, 5) is 15.0. The third-order valence-electron chi connectivity index (χ3n) is 6.89. The minimum absolute atomic E-state index is 0.0583. The number of halogens is 2. The van der Waals surface area contributed by atoms with Crippen molar-refractivity contribution in [3.63, 3.8) is 0 Å². The van der Waals surface area contributed by atoms with E-state index in [1.165, 1.54) is 24.8 Å². The largest absolute Gasteiger partial charge is 0.497 e. The number of ether oxygens (including phenoxy) is 1. The fraction of sp³-hybridized carbons (Fsp3) is 0.444. The number of benzene rings is 2. The Kier molecular flexibility index (Phi) is 8.34. The number of carbonyl (C=O) groups is 1. The number of methoxy groups -OCH3 is 1. The van der Waals surface area contributed by atoms with Crippen LogP contribution < -0.4 is 10.1 Å². The van der Waals surface area contributed by atoms with Crippen LogP contribution in [0.3, 0.4) is 0 Å². The number of amides is 1. The standard InChI is InChI=1S/C27H32Cl2N2O2/c1-33-26-7-4-21(5-8-26)22-10-12-31(13-11-22)18-20-2-6-25(16-20)30-27(32)9-3-19-14-23(28)17-24(29)15-19/h3-5,7-9,14-15,17,20,22,25H,2,6,10-13,16,18H2,1H3,(H,30,32)/t20-,25+/m0/s1. The molecular weight excluding hydrogens is 455 g/mol. The quantitative estimate of drug-likeness (QED) is 0.475. The van der Waals surface area contributed by atoms with Crippen LogP contribution in [0.4, 0.5) is 0 Å². The van der Waals surface area contributed by atoms with Gasteiger partial charge in [0.2, 0.25) is 5.91 Å². The summed E-state index contributed by atoms with van der Waals surface area (Å²) in [5.41, 5.74) is 2.25. The number of nitrogens with zero attached hydrogens (tertiary/aromatic N) is 1. The zero-order valence-electron chi connectivity index (χ0n) is 19.1. The average Bonchev–Trinajstić information content (AvgIpc) is 3.24. The predicted octanol–water partition coefficient (Wildman–Crippen LogP) is 6.18. The Morgan fingerprint density at radius 2 is 1.76 bits per heavy atom. The lowest BCUT2D eigenvalue weighted by Crippen LogP contribution is -2.37. The first kappa shape index (κ1) is 24.1. The number of likely N-dealkylation sites (tertiary alicyclic amines) is 1. The van der Waals surface area contributed by atoms with E-state index in [-0.39, 0.29) is 11.9 Å². The second kappa shape index (κ2) is 11.4. The Labute approximate surface area is 206 Å². The maximum atomic E-state index is 12.4. The van der Waals surface area contributed by atoms with E-state index < -0.39 is 0 Å². The first-order valence-electron chi connectivity index (χ1n) is 11.8. The van der Waals surface area contributed by atoms with E-state index in [0.717, 1.165) is 43.8 Å². The van der Waals surface area contributed by atoms with Crippen molar-refractivity contribution in [2.75, 3.05) is 26.7 Å². The molecule has 0 radical (unpaired) electrons. The molecule has 33 heavy (non-hydrogen) atoms. The van der Waals surface area contributed by atoms with Gasteiger partial charge in [-0.2, -0.15) is 0 Å². The smallest absolute Gasteiger partial charge is 0.244 e. The van der Waals surface area contributed by atoms with Crippen molar-refractivity contribution in [1.82, 2.24) is 10.2 Å². The normalized spacial score (nSPS) is 22.0. The highest BCUT2D eigenvalue weighted by molar-refractivity contribution is 6.34. The Morgan fingerprint density at radius 3 is 2.42 bits per heavy atom. The average molecular weight is 487 g/mol. The molecule has 2 atom stereocenters. The van der Waals surface area contributed by atoms with E-state index >= 15 is 0 Å². The van der Waals surface area contributed by atoms with Gasteiger partial charge in [0.05, 0.1) is 7.11 Å². The Balaban J connectivity index is 1.19. The molecule has 0 aromatic heterocycles. The van der Waals surface area contributed by atoms with Gasteiger partial charge in [-0.25, -0.2) is 0 Å². The van der Waals surface area contributed by atoms with Gasteiger partial charge in [0.1, 0.15) is 5.75 Å². The highest BCUT2D eigenvalue weighted by Gasteiger charge is 2.29. The molecule has 1 N–H and O–H groups in total. The zero-order valence-corrected chi connectivity index (χ0v) is 20.6. The lowest BCUT2D eigenvalue weighted by Gasteiger charge is -2.33. The summed E-state index contributed by atoms with van der Waals surface area (Å²) in [7, 11) is 1.71. The second-order valence-corrected chi connectivity index (χ2v) is 10.1. The summed E-state index contributed by atoms with van der Waals surface area (Å²) < 4.78 is 5.28. The van der Waals surface area contributed by atoms with Gasteiger partial charge < -0.3 is 15.0 Å². The summed E-state index contributed by atoms with van der Waals surface area (Å²) in [6, 6.07) is 14.1. The Bertz CT molecular complexity index is 948. The van der Waals surface area contributed by atoms with Gasteiger partial charge in [-0.1, -0.05) is 35.3 Å².